The molecule has 5 nitrogen and oxygen atoms in total. The Hall–Kier alpha value is -1.83. The summed E-state index contributed by atoms with van der Waals surface area (Å²) in [5.41, 5.74) is -1.51. The molecule has 140 valence electrons. The van der Waals surface area contributed by atoms with E-state index in [1.54, 1.807) is 19.1 Å². The number of amides is 1. The lowest BCUT2D eigenvalue weighted by Gasteiger charge is -2.36. The van der Waals surface area contributed by atoms with E-state index < -0.39 is 30.0 Å². The van der Waals surface area contributed by atoms with E-state index in [2.05, 4.69) is 0 Å². The fourth-order valence-corrected chi connectivity index (χ4v) is 3.21. The quantitative estimate of drug-likeness (QED) is 0.894. The highest BCUT2D eigenvalue weighted by Crippen LogP contribution is 2.31. The van der Waals surface area contributed by atoms with Crippen LogP contribution in [0.3, 0.4) is 0 Å². The van der Waals surface area contributed by atoms with Gasteiger partial charge in [0.15, 0.2) is 5.60 Å². The number of piperidine rings is 1. The summed E-state index contributed by atoms with van der Waals surface area (Å²) < 4.78 is 38.7. The van der Waals surface area contributed by atoms with Crippen molar-refractivity contribution in [1.82, 2.24) is 9.47 Å². The van der Waals surface area contributed by atoms with Crippen LogP contribution in [0.1, 0.15) is 31.9 Å². The first-order chi connectivity index (χ1) is 11.5. The number of nitrogens with zero attached hydrogens (tertiary/aromatic N) is 2. The summed E-state index contributed by atoms with van der Waals surface area (Å²) in [5.74, 6) is -1.05. The number of alkyl halides is 3. The zero-order valence-electron chi connectivity index (χ0n) is 14.3. The number of carbonyl (C=O) groups excluding carboxylic acids is 1. The minimum atomic E-state index is -4.20. The molecule has 1 unspecified atom stereocenters. The van der Waals surface area contributed by atoms with Gasteiger partial charge in [-0.25, -0.2) is 0 Å². The number of aliphatic hydroxyl groups is 1. The van der Waals surface area contributed by atoms with Crippen LogP contribution in [-0.2, 0) is 11.3 Å². The standard InChI is InChI=1S/C17H23F3N2O3/c1-12-4-3-5-14(23)22(12)11-16(2,25)15(24)21-8-6-13(7-9-21)10-17(18,19)20/h3-5,13,25H,6-11H2,1-2H3. The Balaban J connectivity index is 2.01. The Morgan fingerprint density at radius 3 is 2.40 bits per heavy atom. The summed E-state index contributed by atoms with van der Waals surface area (Å²) >= 11 is 0. The number of pyridine rings is 1. The van der Waals surface area contributed by atoms with Gasteiger partial charge in [-0.05, 0) is 38.7 Å². The molecule has 1 aromatic heterocycles. The third-order valence-electron chi connectivity index (χ3n) is 4.62. The van der Waals surface area contributed by atoms with Gasteiger partial charge < -0.3 is 14.6 Å². The van der Waals surface area contributed by atoms with E-state index in [-0.39, 0.29) is 38.0 Å². The highest BCUT2D eigenvalue weighted by molar-refractivity contribution is 5.84. The summed E-state index contributed by atoms with van der Waals surface area (Å²) in [6, 6.07) is 4.64. The second kappa shape index (κ2) is 7.19. The minimum Gasteiger partial charge on any atom is -0.378 e. The van der Waals surface area contributed by atoms with Gasteiger partial charge in [-0.1, -0.05) is 6.07 Å². The third kappa shape index (κ3) is 5.07. The predicted octanol–water partition coefficient (Wildman–Crippen LogP) is 2.10. The van der Waals surface area contributed by atoms with Gasteiger partial charge in [-0.2, -0.15) is 13.2 Å². The lowest BCUT2D eigenvalue weighted by molar-refractivity contribution is -0.157. The third-order valence-corrected chi connectivity index (χ3v) is 4.62. The fourth-order valence-electron chi connectivity index (χ4n) is 3.21. The molecule has 8 heteroatoms. The summed E-state index contributed by atoms with van der Waals surface area (Å²) in [6.45, 7) is 3.19. The van der Waals surface area contributed by atoms with Crippen molar-refractivity contribution in [3.05, 3.63) is 34.2 Å². The molecule has 0 saturated carbocycles. The number of aromatic nitrogens is 1. The molecule has 1 aliphatic rings. The van der Waals surface area contributed by atoms with Gasteiger partial charge >= 0.3 is 6.18 Å². The Bertz CT molecular complexity index is 674. The highest BCUT2D eigenvalue weighted by atomic mass is 19.4. The van der Waals surface area contributed by atoms with Crippen LogP contribution in [0.5, 0.6) is 0 Å². The zero-order valence-corrected chi connectivity index (χ0v) is 14.3. The number of hydrogen-bond acceptors (Lipinski definition) is 3. The van der Waals surface area contributed by atoms with E-state index in [0.717, 1.165) is 0 Å². The van der Waals surface area contributed by atoms with E-state index in [4.69, 9.17) is 0 Å². The number of aryl methyl sites for hydroxylation is 1. The van der Waals surface area contributed by atoms with E-state index in [1.165, 1.54) is 22.5 Å². The van der Waals surface area contributed by atoms with E-state index >= 15 is 0 Å². The van der Waals surface area contributed by atoms with Crippen LogP contribution in [0.4, 0.5) is 13.2 Å². The Labute approximate surface area is 144 Å². The normalized spacial score (nSPS) is 18.9. The van der Waals surface area contributed by atoms with Crippen LogP contribution in [0.25, 0.3) is 0 Å². The molecule has 1 N–H and O–H groups in total. The molecule has 1 aliphatic heterocycles. The zero-order chi connectivity index (χ0) is 18.8. The van der Waals surface area contributed by atoms with Crippen LogP contribution in [0.2, 0.25) is 0 Å². The van der Waals surface area contributed by atoms with Crippen LogP contribution in [0.15, 0.2) is 23.0 Å². The van der Waals surface area contributed by atoms with E-state index in [9.17, 15) is 27.9 Å². The average Bonchev–Trinajstić information content (AvgIpc) is 2.49. The number of halogens is 3. The molecule has 0 bridgehead atoms. The minimum absolute atomic E-state index is 0.179. The van der Waals surface area contributed by atoms with Crippen molar-refractivity contribution in [2.45, 2.75) is 51.4 Å². The van der Waals surface area contributed by atoms with Gasteiger partial charge in [0.2, 0.25) is 0 Å². The average molecular weight is 360 g/mol. The van der Waals surface area contributed by atoms with Crippen LogP contribution in [-0.4, -0.2) is 45.3 Å². The maximum atomic E-state index is 12.6. The van der Waals surface area contributed by atoms with Crippen molar-refractivity contribution in [1.29, 1.82) is 0 Å². The molecule has 0 spiro atoms. The monoisotopic (exact) mass is 360 g/mol. The molecule has 2 rings (SSSR count). The van der Waals surface area contributed by atoms with Crippen molar-refractivity contribution in [3.8, 4) is 0 Å². The second-order valence-electron chi connectivity index (χ2n) is 6.92. The van der Waals surface area contributed by atoms with Crippen LogP contribution in [0, 0.1) is 12.8 Å². The molecule has 0 radical (unpaired) electrons. The number of carbonyl (C=O) groups is 1. The molecular formula is C17H23F3N2O3. The Morgan fingerprint density at radius 1 is 1.28 bits per heavy atom. The molecule has 0 aliphatic carbocycles. The van der Waals surface area contributed by atoms with Gasteiger partial charge in [-0.15, -0.1) is 0 Å². The van der Waals surface area contributed by atoms with Crippen LogP contribution < -0.4 is 5.56 Å². The lowest BCUT2D eigenvalue weighted by atomic mass is 9.92. The lowest BCUT2D eigenvalue weighted by Crippen LogP contribution is -2.53. The highest BCUT2D eigenvalue weighted by Gasteiger charge is 2.39. The SMILES string of the molecule is Cc1cccc(=O)n1CC(C)(O)C(=O)N1CCC(CC(F)(F)F)CC1. The van der Waals surface area contributed by atoms with Crippen molar-refractivity contribution in [3.63, 3.8) is 0 Å². The molecule has 1 fully saturated rings. The molecule has 0 aromatic carbocycles. The maximum Gasteiger partial charge on any atom is 0.389 e. The Kier molecular flexibility index (Phi) is 5.61. The summed E-state index contributed by atoms with van der Waals surface area (Å²) in [5, 5.41) is 10.6. The van der Waals surface area contributed by atoms with Crippen molar-refractivity contribution in [2.24, 2.45) is 5.92 Å². The fraction of sp³-hybridized carbons (Fsp3) is 0.647. The van der Waals surface area contributed by atoms with Crippen molar-refractivity contribution >= 4 is 5.91 Å². The summed E-state index contributed by atoms with van der Waals surface area (Å²) in [4.78, 5) is 25.9. The molecule has 1 amide bonds. The molecule has 1 aromatic rings. The molecule has 25 heavy (non-hydrogen) atoms. The van der Waals surface area contributed by atoms with Crippen molar-refractivity contribution in [2.75, 3.05) is 13.1 Å². The number of likely N-dealkylation sites (tertiary alicyclic amines) is 1. The van der Waals surface area contributed by atoms with Crippen molar-refractivity contribution < 1.29 is 23.1 Å². The molecular weight excluding hydrogens is 337 g/mol. The van der Waals surface area contributed by atoms with Gasteiger partial charge in [-0.3, -0.25) is 9.59 Å². The molecule has 2 heterocycles. The van der Waals surface area contributed by atoms with Gasteiger partial charge in [0, 0.05) is 31.3 Å². The number of rotatable bonds is 4. The predicted molar refractivity (Wildman–Crippen MR) is 86.0 cm³/mol. The van der Waals surface area contributed by atoms with E-state index in [0.29, 0.717) is 5.69 Å². The summed E-state index contributed by atoms with van der Waals surface area (Å²) in [7, 11) is 0. The molecule has 1 atom stereocenters. The first-order valence-electron chi connectivity index (χ1n) is 8.24. The first-order valence-corrected chi connectivity index (χ1v) is 8.24. The summed E-state index contributed by atoms with van der Waals surface area (Å²) in [6.07, 6.45) is -4.53. The molecule has 1 saturated heterocycles. The maximum absolute atomic E-state index is 12.6. The van der Waals surface area contributed by atoms with E-state index in [1.807, 2.05) is 0 Å². The topological polar surface area (TPSA) is 62.5 Å². The first kappa shape index (κ1) is 19.5. The number of hydrogen-bond donors (Lipinski definition) is 1. The second-order valence-corrected chi connectivity index (χ2v) is 6.92. The smallest absolute Gasteiger partial charge is 0.378 e. The largest absolute Gasteiger partial charge is 0.389 e. The van der Waals surface area contributed by atoms with Gasteiger partial charge in [0.05, 0.1) is 6.54 Å². The van der Waals surface area contributed by atoms with Gasteiger partial charge in [0.1, 0.15) is 0 Å². The van der Waals surface area contributed by atoms with Gasteiger partial charge in [0.25, 0.3) is 11.5 Å². The Morgan fingerprint density at radius 2 is 1.88 bits per heavy atom. The van der Waals surface area contributed by atoms with Crippen LogP contribution >= 0.6 is 0 Å².